The fraction of sp³-hybridized carbons (Fsp3) is 1.00. The molecule has 64 valence electrons. The Morgan fingerprint density at radius 3 is 2.64 bits per heavy atom. The zero-order valence-electron chi connectivity index (χ0n) is 6.93. The lowest BCUT2D eigenvalue weighted by Crippen LogP contribution is -2.19. The monoisotopic (exact) mass is 265 g/mol. The lowest BCUT2D eigenvalue weighted by molar-refractivity contribution is 0.358. The molecule has 2 heteroatoms. The number of rotatable bonds is 0. The van der Waals surface area contributed by atoms with Crippen LogP contribution < -0.4 is 0 Å². The Balaban J connectivity index is 1.98. The molecule has 2 unspecified atom stereocenters. The zero-order valence-corrected chi connectivity index (χ0v) is 9.09. The fourth-order valence-corrected chi connectivity index (χ4v) is 3.45. The number of halogens is 1. The minimum absolute atomic E-state index is 1.05. The summed E-state index contributed by atoms with van der Waals surface area (Å²) in [5.74, 6) is 2.14. The number of fused-ring (bicyclic) bond motifs is 1. The summed E-state index contributed by atoms with van der Waals surface area (Å²) in [5.41, 5.74) is 0. The molecule has 1 aliphatic heterocycles. The van der Waals surface area contributed by atoms with E-state index in [2.05, 4.69) is 26.0 Å². The summed E-state index contributed by atoms with van der Waals surface area (Å²) >= 11 is 2.49. The van der Waals surface area contributed by atoms with Gasteiger partial charge in [-0.25, -0.2) is 3.11 Å². The highest BCUT2D eigenvalue weighted by atomic mass is 127. The summed E-state index contributed by atoms with van der Waals surface area (Å²) in [7, 11) is 0. The van der Waals surface area contributed by atoms with Gasteiger partial charge in [0.05, 0.1) is 0 Å². The smallest absolute Gasteiger partial charge is 0.0201 e. The first-order valence-corrected chi connectivity index (χ1v) is 5.73. The quantitative estimate of drug-likeness (QED) is 0.481. The molecule has 0 aromatic rings. The van der Waals surface area contributed by atoms with E-state index in [0.29, 0.717) is 0 Å². The lowest BCUT2D eigenvalue weighted by atomic mass is 9.93. The molecule has 2 aliphatic rings. The van der Waals surface area contributed by atoms with Crippen LogP contribution in [0.2, 0.25) is 0 Å². The van der Waals surface area contributed by atoms with Gasteiger partial charge < -0.3 is 0 Å². The van der Waals surface area contributed by atoms with Gasteiger partial charge in [-0.1, -0.05) is 12.8 Å². The summed E-state index contributed by atoms with van der Waals surface area (Å²) in [4.78, 5) is 0. The van der Waals surface area contributed by atoms with Crippen LogP contribution in [0.25, 0.3) is 0 Å². The summed E-state index contributed by atoms with van der Waals surface area (Å²) in [6.07, 6.45) is 7.47. The van der Waals surface area contributed by atoms with E-state index < -0.39 is 0 Å². The molecule has 1 aliphatic carbocycles. The van der Waals surface area contributed by atoms with Crippen LogP contribution in [0.3, 0.4) is 0 Å². The van der Waals surface area contributed by atoms with Crippen LogP contribution in [-0.2, 0) is 0 Å². The largest absolute Gasteiger partial charge is 0.247 e. The second-order valence-electron chi connectivity index (χ2n) is 3.96. The van der Waals surface area contributed by atoms with Gasteiger partial charge in [-0.15, -0.1) is 0 Å². The normalized spacial score (nSPS) is 40.1. The Hall–Kier alpha value is 0.690. The molecule has 2 rings (SSSR count). The van der Waals surface area contributed by atoms with E-state index in [1.165, 1.54) is 45.2 Å². The van der Waals surface area contributed by atoms with Gasteiger partial charge in [0.1, 0.15) is 0 Å². The minimum atomic E-state index is 1.05. The predicted molar refractivity (Wildman–Crippen MR) is 55.7 cm³/mol. The second kappa shape index (κ2) is 3.60. The number of nitrogens with zero attached hydrogens (tertiary/aromatic N) is 1. The second-order valence-corrected chi connectivity index (χ2v) is 5.33. The van der Waals surface area contributed by atoms with Crippen LogP contribution in [0.5, 0.6) is 0 Å². The lowest BCUT2D eigenvalue weighted by Gasteiger charge is -2.17. The highest BCUT2D eigenvalue weighted by molar-refractivity contribution is 14.1. The topological polar surface area (TPSA) is 3.24 Å². The maximum Gasteiger partial charge on any atom is 0.0201 e. The molecule has 0 amide bonds. The summed E-state index contributed by atoms with van der Waals surface area (Å²) in [5, 5.41) is 0. The van der Waals surface area contributed by atoms with Crippen molar-refractivity contribution in [3.8, 4) is 0 Å². The molecule has 2 fully saturated rings. The molecular formula is C9H16IN. The van der Waals surface area contributed by atoms with Crippen molar-refractivity contribution in [1.82, 2.24) is 3.11 Å². The third-order valence-corrected chi connectivity index (χ3v) is 4.10. The van der Waals surface area contributed by atoms with Gasteiger partial charge in [-0.3, -0.25) is 0 Å². The molecule has 1 saturated carbocycles. The third-order valence-electron chi connectivity index (χ3n) is 3.22. The van der Waals surface area contributed by atoms with E-state index in [-0.39, 0.29) is 0 Å². The molecule has 1 heterocycles. The van der Waals surface area contributed by atoms with Crippen LogP contribution >= 0.6 is 22.9 Å². The van der Waals surface area contributed by atoms with Gasteiger partial charge in [0.25, 0.3) is 0 Å². The predicted octanol–water partition coefficient (Wildman–Crippen LogP) is 2.85. The highest BCUT2D eigenvalue weighted by Gasteiger charge is 2.29. The van der Waals surface area contributed by atoms with Crippen LogP contribution in [0.1, 0.15) is 32.1 Å². The van der Waals surface area contributed by atoms with Gasteiger partial charge in [-0.05, 0) is 31.1 Å². The Labute approximate surface area is 83.0 Å². The van der Waals surface area contributed by atoms with Crippen molar-refractivity contribution in [2.75, 3.05) is 13.1 Å². The van der Waals surface area contributed by atoms with Gasteiger partial charge in [0.2, 0.25) is 0 Å². The molecule has 0 aromatic heterocycles. The average molecular weight is 265 g/mol. The molecule has 0 bridgehead atoms. The summed E-state index contributed by atoms with van der Waals surface area (Å²) in [6.45, 7) is 2.69. The maximum atomic E-state index is 2.49. The fourth-order valence-electron chi connectivity index (χ4n) is 2.60. The van der Waals surface area contributed by atoms with E-state index in [0.717, 1.165) is 11.8 Å². The molecule has 2 atom stereocenters. The highest BCUT2D eigenvalue weighted by Crippen LogP contribution is 2.37. The van der Waals surface area contributed by atoms with Gasteiger partial charge in [-0.2, -0.15) is 0 Å². The van der Waals surface area contributed by atoms with Gasteiger partial charge >= 0.3 is 0 Å². The van der Waals surface area contributed by atoms with Gasteiger partial charge in [0.15, 0.2) is 0 Å². The first kappa shape index (κ1) is 8.30. The number of hydrogen-bond acceptors (Lipinski definition) is 1. The molecule has 1 nitrogen and oxygen atoms in total. The Bertz CT molecular complexity index is 138. The van der Waals surface area contributed by atoms with E-state index in [1.54, 1.807) is 0 Å². The van der Waals surface area contributed by atoms with Crippen LogP contribution in [-0.4, -0.2) is 16.2 Å². The Morgan fingerprint density at radius 1 is 1.00 bits per heavy atom. The molecule has 0 N–H and O–H groups in total. The molecule has 11 heavy (non-hydrogen) atoms. The summed E-state index contributed by atoms with van der Waals surface area (Å²) < 4.78 is 2.49. The van der Waals surface area contributed by atoms with Crippen molar-refractivity contribution in [3.63, 3.8) is 0 Å². The Morgan fingerprint density at radius 2 is 1.73 bits per heavy atom. The maximum absolute atomic E-state index is 2.49. The first-order valence-electron chi connectivity index (χ1n) is 4.77. The standard InChI is InChI=1S/C9H16IN/c10-11-6-2-5-8-3-1-4-9(8)7-11/h8-9H,1-7H2. The molecule has 0 aromatic carbocycles. The van der Waals surface area contributed by atoms with Crippen LogP contribution in [0.4, 0.5) is 0 Å². The van der Waals surface area contributed by atoms with E-state index in [1.807, 2.05) is 0 Å². The van der Waals surface area contributed by atoms with Crippen LogP contribution in [0, 0.1) is 11.8 Å². The zero-order chi connectivity index (χ0) is 7.68. The van der Waals surface area contributed by atoms with Crippen molar-refractivity contribution >= 4 is 22.9 Å². The van der Waals surface area contributed by atoms with E-state index in [9.17, 15) is 0 Å². The molecule has 1 saturated heterocycles. The van der Waals surface area contributed by atoms with Crippen molar-refractivity contribution < 1.29 is 0 Å². The molecule has 0 spiro atoms. The van der Waals surface area contributed by atoms with E-state index in [4.69, 9.17) is 0 Å². The molecule has 0 radical (unpaired) electrons. The number of hydrogen-bond donors (Lipinski definition) is 0. The van der Waals surface area contributed by atoms with Crippen molar-refractivity contribution in [1.29, 1.82) is 0 Å². The SMILES string of the molecule is IN1CCCC2CCCC2C1. The summed E-state index contributed by atoms with van der Waals surface area (Å²) in [6, 6.07) is 0. The minimum Gasteiger partial charge on any atom is -0.247 e. The first-order chi connectivity index (χ1) is 5.36. The van der Waals surface area contributed by atoms with Crippen molar-refractivity contribution in [3.05, 3.63) is 0 Å². The average Bonchev–Trinajstić information content (AvgIpc) is 2.31. The molecular weight excluding hydrogens is 249 g/mol. The van der Waals surface area contributed by atoms with Crippen molar-refractivity contribution in [2.45, 2.75) is 32.1 Å². The van der Waals surface area contributed by atoms with Gasteiger partial charge in [0, 0.05) is 36.0 Å². The van der Waals surface area contributed by atoms with E-state index >= 15 is 0 Å². The Kier molecular flexibility index (Phi) is 2.72. The van der Waals surface area contributed by atoms with Crippen molar-refractivity contribution in [2.24, 2.45) is 11.8 Å². The van der Waals surface area contributed by atoms with Crippen LogP contribution in [0.15, 0.2) is 0 Å². The third kappa shape index (κ3) is 1.89.